The topological polar surface area (TPSA) is 40.5 Å². The van der Waals surface area contributed by atoms with Gasteiger partial charge in [0.2, 0.25) is 0 Å². The van der Waals surface area contributed by atoms with E-state index in [1.165, 1.54) is 6.08 Å². The highest BCUT2D eigenvalue weighted by molar-refractivity contribution is 6.32. The Labute approximate surface area is 94.3 Å². The Bertz CT molecular complexity index is 344. The summed E-state index contributed by atoms with van der Waals surface area (Å²) in [6.45, 7) is 6.63. The van der Waals surface area contributed by atoms with Gasteiger partial charge in [-0.1, -0.05) is 31.5 Å². The second-order valence-electron chi connectivity index (χ2n) is 3.38. The average molecular weight is 228 g/mol. The number of nitrogens with zero attached hydrogens (tertiary/aromatic N) is 1. The third kappa shape index (κ3) is 2.86. The fourth-order valence-electron chi connectivity index (χ4n) is 1.29. The van der Waals surface area contributed by atoms with Gasteiger partial charge in [-0.3, -0.25) is 0 Å². The van der Waals surface area contributed by atoms with Gasteiger partial charge in [-0.2, -0.15) is 0 Å². The molecule has 0 saturated heterocycles. The Morgan fingerprint density at radius 3 is 2.87 bits per heavy atom. The zero-order valence-electron chi connectivity index (χ0n) is 8.66. The maximum Gasteiger partial charge on any atom is 0.337 e. The summed E-state index contributed by atoms with van der Waals surface area (Å²) >= 11 is 5.90. The first kappa shape index (κ1) is 11.9. The Hall–Kier alpha value is -1.22. The van der Waals surface area contributed by atoms with Crippen LogP contribution in [0.2, 0.25) is 0 Å². The number of aliphatic carboxylic acids is 1. The molecule has 0 aliphatic carbocycles. The van der Waals surface area contributed by atoms with Gasteiger partial charge in [0, 0.05) is 12.7 Å². The molecule has 0 aromatic rings. The third-order valence-electron chi connectivity index (χ3n) is 2.20. The minimum atomic E-state index is -0.970. The van der Waals surface area contributed by atoms with Crippen LogP contribution < -0.4 is 0 Å². The fraction of sp³-hybridized carbons (Fsp3) is 0.364. The minimum absolute atomic E-state index is 0.198. The molecule has 1 heterocycles. The Kier molecular flexibility index (Phi) is 3.97. The summed E-state index contributed by atoms with van der Waals surface area (Å²) in [5, 5.41) is 9.25. The van der Waals surface area contributed by atoms with Gasteiger partial charge in [-0.25, -0.2) is 4.79 Å². The molecule has 1 N–H and O–H groups in total. The monoisotopic (exact) mass is 227 g/mol. The van der Waals surface area contributed by atoms with Crippen molar-refractivity contribution in [3.05, 3.63) is 35.2 Å². The van der Waals surface area contributed by atoms with Crippen LogP contribution in [0.25, 0.3) is 0 Å². The summed E-state index contributed by atoms with van der Waals surface area (Å²) < 4.78 is 0. The minimum Gasteiger partial charge on any atom is -0.478 e. The van der Waals surface area contributed by atoms with Gasteiger partial charge in [0.05, 0.1) is 16.3 Å². The molecule has 0 aromatic heterocycles. The zero-order chi connectivity index (χ0) is 11.4. The van der Waals surface area contributed by atoms with Crippen LogP contribution in [-0.4, -0.2) is 22.5 Å². The molecule has 1 rings (SSSR count). The van der Waals surface area contributed by atoms with Gasteiger partial charge in [-0.15, -0.1) is 0 Å². The number of carboxylic acid groups (broad SMARTS) is 1. The maximum absolute atomic E-state index is 10.8. The van der Waals surface area contributed by atoms with E-state index in [4.69, 9.17) is 16.7 Å². The molecule has 0 unspecified atom stereocenters. The molecule has 0 radical (unpaired) electrons. The van der Waals surface area contributed by atoms with E-state index >= 15 is 0 Å². The van der Waals surface area contributed by atoms with E-state index < -0.39 is 5.97 Å². The number of rotatable bonds is 4. The first-order valence-corrected chi connectivity index (χ1v) is 5.22. The zero-order valence-corrected chi connectivity index (χ0v) is 9.42. The molecular weight excluding hydrogens is 214 g/mol. The van der Waals surface area contributed by atoms with Crippen molar-refractivity contribution in [2.45, 2.75) is 19.8 Å². The maximum atomic E-state index is 10.8. The summed E-state index contributed by atoms with van der Waals surface area (Å²) in [6, 6.07) is 0. The Balaban J connectivity index is 2.84. The van der Waals surface area contributed by atoms with Crippen molar-refractivity contribution in [1.29, 1.82) is 0 Å². The molecule has 3 nitrogen and oxygen atoms in total. The molecule has 15 heavy (non-hydrogen) atoms. The lowest BCUT2D eigenvalue weighted by Gasteiger charge is -2.26. The standard InChI is InChI=1S/C11H14ClNO2/c1-3-4-5-13-7-9(11(14)15)6-10(12)8(13)2/h6-7H,2-5H2,1H3,(H,14,15). The second-order valence-corrected chi connectivity index (χ2v) is 3.78. The largest absolute Gasteiger partial charge is 0.478 e. The van der Waals surface area contributed by atoms with Gasteiger partial charge < -0.3 is 10.0 Å². The van der Waals surface area contributed by atoms with Crippen LogP contribution in [0.5, 0.6) is 0 Å². The first-order valence-electron chi connectivity index (χ1n) is 4.84. The SMILES string of the molecule is C=C1C(Cl)=CC(C(=O)O)=CN1CCCC. The van der Waals surface area contributed by atoms with Gasteiger partial charge in [0.15, 0.2) is 0 Å². The van der Waals surface area contributed by atoms with Crippen molar-refractivity contribution in [1.82, 2.24) is 4.90 Å². The number of hydrogen-bond acceptors (Lipinski definition) is 2. The number of carbonyl (C=O) groups is 1. The molecule has 0 fully saturated rings. The molecule has 82 valence electrons. The lowest BCUT2D eigenvalue weighted by atomic mass is 10.1. The summed E-state index contributed by atoms with van der Waals surface area (Å²) in [7, 11) is 0. The molecule has 4 heteroatoms. The summed E-state index contributed by atoms with van der Waals surface area (Å²) in [6.07, 6.45) is 5.02. The smallest absolute Gasteiger partial charge is 0.337 e. The van der Waals surface area contributed by atoms with Crippen molar-refractivity contribution in [3.8, 4) is 0 Å². The predicted molar refractivity (Wildman–Crippen MR) is 60.4 cm³/mol. The van der Waals surface area contributed by atoms with Crippen LogP contribution in [0, 0.1) is 0 Å². The highest BCUT2D eigenvalue weighted by Crippen LogP contribution is 2.25. The molecule has 0 saturated carbocycles. The van der Waals surface area contributed by atoms with E-state index in [2.05, 4.69) is 13.5 Å². The van der Waals surface area contributed by atoms with Crippen molar-refractivity contribution in [2.75, 3.05) is 6.54 Å². The van der Waals surface area contributed by atoms with Crippen LogP contribution in [0.15, 0.2) is 35.2 Å². The lowest BCUT2D eigenvalue weighted by Crippen LogP contribution is -2.22. The second kappa shape index (κ2) is 5.03. The van der Waals surface area contributed by atoms with Gasteiger partial charge in [0.1, 0.15) is 0 Å². The van der Waals surface area contributed by atoms with Crippen LogP contribution >= 0.6 is 11.6 Å². The van der Waals surface area contributed by atoms with Crippen LogP contribution in [0.4, 0.5) is 0 Å². The van der Waals surface area contributed by atoms with Gasteiger partial charge in [0.25, 0.3) is 0 Å². The molecule has 0 bridgehead atoms. The quantitative estimate of drug-likeness (QED) is 0.803. The highest BCUT2D eigenvalue weighted by Gasteiger charge is 2.18. The van der Waals surface area contributed by atoms with Crippen molar-refractivity contribution >= 4 is 17.6 Å². The molecule has 1 aliphatic rings. The van der Waals surface area contributed by atoms with E-state index in [1.807, 2.05) is 0 Å². The number of allylic oxidation sites excluding steroid dienone is 1. The van der Waals surface area contributed by atoms with E-state index in [0.717, 1.165) is 19.4 Å². The Morgan fingerprint density at radius 1 is 1.67 bits per heavy atom. The molecule has 0 spiro atoms. The molecule has 0 atom stereocenters. The highest BCUT2D eigenvalue weighted by atomic mass is 35.5. The summed E-state index contributed by atoms with van der Waals surface area (Å²) in [4.78, 5) is 12.6. The summed E-state index contributed by atoms with van der Waals surface area (Å²) in [5.74, 6) is -0.970. The van der Waals surface area contributed by atoms with E-state index in [0.29, 0.717) is 10.7 Å². The number of halogens is 1. The number of unbranched alkanes of at least 4 members (excludes halogenated alkanes) is 1. The van der Waals surface area contributed by atoms with Crippen LogP contribution in [0.1, 0.15) is 19.8 Å². The van der Waals surface area contributed by atoms with Gasteiger partial charge >= 0.3 is 5.97 Å². The van der Waals surface area contributed by atoms with Crippen molar-refractivity contribution < 1.29 is 9.90 Å². The third-order valence-corrected chi connectivity index (χ3v) is 2.53. The van der Waals surface area contributed by atoms with Gasteiger partial charge in [-0.05, 0) is 12.5 Å². The summed E-state index contributed by atoms with van der Waals surface area (Å²) in [5.41, 5.74) is 0.860. The normalized spacial score (nSPS) is 16.1. The van der Waals surface area contributed by atoms with E-state index in [1.54, 1.807) is 11.1 Å². The average Bonchev–Trinajstić information content (AvgIpc) is 2.19. The molecule has 1 aliphatic heterocycles. The van der Waals surface area contributed by atoms with Crippen molar-refractivity contribution in [3.63, 3.8) is 0 Å². The molecule has 0 amide bonds. The Morgan fingerprint density at radius 2 is 2.33 bits per heavy atom. The van der Waals surface area contributed by atoms with E-state index in [-0.39, 0.29) is 5.57 Å². The predicted octanol–water partition coefficient (Wildman–Crippen LogP) is 2.71. The van der Waals surface area contributed by atoms with Crippen LogP contribution in [0.3, 0.4) is 0 Å². The number of hydrogen-bond donors (Lipinski definition) is 1. The first-order chi connectivity index (χ1) is 7.06. The van der Waals surface area contributed by atoms with E-state index in [9.17, 15) is 4.79 Å². The fourth-order valence-corrected chi connectivity index (χ4v) is 1.51. The number of carboxylic acids is 1. The van der Waals surface area contributed by atoms with Crippen molar-refractivity contribution in [2.24, 2.45) is 0 Å². The lowest BCUT2D eigenvalue weighted by molar-refractivity contribution is -0.132. The van der Waals surface area contributed by atoms with Crippen LogP contribution in [-0.2, 0) is 4.79 Å². The molecule has 0 aromatic carbocycles. The molecular formula is C11H14ClNO2.